The standard InChI is InChI=1S/C18H18F2N2O4S/c19-15-2-1-3-16(20)17(15)27(25,26)22-10-8-21(9-11-22)12-13-4-6-14(7-5-13)18(23)24/h1-7H,8-12H2,(H,23,24). The van der Waals surface area contributed by atoms with Crippen molar-refractivity contribution < 1.29 is 27.1 Å². The van der Waals surface area contributed by atoms with E-state index in [0.717, 1.165) is 28.1 Å². The van der Waals surface area contributed by atoms with Crippen LogP contribution >= 0.6 is 0 Å². The van der Waals surface area contributed by atoms with Gasteiger partial charge in [-0.3, -0.25) is 4.90 Å². The fourth-order valence-corrected chi connectivity index (χ4v) is 4.53. The van der Waals surface area contributed by atoms with Gasteiger partial charge >= 0.3 is 5.97 Å². The molecule has 1 aliphatic heterocycles. The van der Waals surface area contributed by atoms with Crippen molar-refractivity contribution in [2.75, 3.05) is 26.2 Å². The predicted octanol–water partition coefficient (Wildman–Crippen LogP) is 2.17. The van der Waals surface area contributed by atoms with Crippen LogP contribution in [0.1, 0.15) is 15.9 Å². The molecule has 0 aliphatic carbocycles. The Labute approximate surface area is 155 Å². The fraction of sp³-hybridized carbons (Fsp3) is 0.278. The molecule has 9 heteroatoms. The summed E-state index contributed by atoms with van der Waals surface area (Å²) in [5.74, 6) is -3.20. The Balaban J connectivity index is 1.65. The van der Waals surface area contributed by atoms with Crippen molar-refractivity contribution in [2.45, 2.75) is 11.4 Å². The van der Waals surface area contributed by atoms with E-state index in [2.05, 4.69) is 0 Å². The quantitative estimate of drug-likeness (QED) is 0.838. The normalized spacial score (nSPS) is 16.4. The van der Waals surface area contributed by atoms with Gasteiger partial charge in [-0.15, -0.1) is 0 Å². The van der Waals surface area contributed by atoms with E-state index < -0.39 is 32.5 Å². The van der Waals surface area contributed by atoms with Crippen LogP contribution in [0.25, 0.3) is 0 Å². The number of carbonyl (C=O) groups is 1. The van der Waals surface area contributed by atoms with Gasteiger partial charge in [0.15, 0.2) is 4.90 Å². The Hall–Kier alpha value is -2.36. The summed E-state index contributed by atoms with van der Waals surface area (Å²) in [6.45, 7) is 1.56. The summed E-state index contributed by atoms with van der Waals surface area (Å²) >= 11 is 0. The van der Waals surface area contributed by atoms with Gasteiger partial charge in [0.25, 0.3) is 0 Å². The number of hydrogen-bond acceptors (Lipinski definition) is 4. The van der Waals surface area contributed by atoms with Gasteiger partial charge in [-0.25, -0.2) is 22.0 Å². The molecule has 144 valence electrons. The molecule has 1 aliphatic rings. The largest absolute Gasteiger partial charge is 0.478 e. The van der Waals surface area contributed by atoms with Crippen LogP contribution in [0.4, 0.5) is 8.78 Å². The highest BCUT2D eigenvalue weighted by Gasteiger charge is 2.33. The molecule has 0 radical (unpaired) electrons. The molecule has 2 aromatic rings. The Bertz CT molecular complexity index is 920. The molecule has 6 nitrogen and oxygen atoms in total. The third-order valence-electron chi connectivity index (χ3n) is 4.46. The lowest BCUT2D eigenvalue weighted by Crippen LogP contribution is -2.48. The first kappa shape index (κ1) is 19.4. The predicted molar refractivity (Wildman–Crippen MR) is 93.8 cm³/mol. The average molecular weight is 396 g/mol. The smallest absolute Gasteiger partial charge is 0.335 e. The van der Waals surface area contributed by atoms with Gasteiger partial charge in [-0.2, -0.15) is 4.31 Å². The first-order chi connectivity index (χ1) is 12.8. The summed E-state index contributed by atoms with van der Waals surface area (Å²) in [6, 6.07) is 9.42. The summed E-state index contributed by atoms with van der Waals surface area (Å²) in [6.07, 6.45) is 0. The molecule has 0 bridgehead atoms. The molecular formula is C18H18F2N2O4S. The summed E-state index contributed by atoms with van der Waals surface area (Å²) in [5.41, 5.74) is 1.10. The van der Waals surface area contributed by atoms with Crippen LogP contribution in [-0.2, 0) is 16.6 Å². The molecule has 0 amide bonds. The van der Waals surface area contributed by atoms with Gasteiger partial charge in [-0.1, -0.05) is 18.2 Å². The highest BCUT2D eigenvalue weighted by Crippen LogP contribution is 2.24. The maximum atomic E-state index is 13.9. The monoisotopic (exact) mass is 396 g/mol. The highest BCUT2D eigenvalue weighted by molar-refractivity contribution is 7.89. The minimum absolute atomic E-state index is 0.114. The van der Waals surface area contributed by atoms with E-state index in [9.17, 15) is 22.0 Å². The van der Waals surface area contributed by atoms with E-state index in [-0.39, 0.29) is 18.7 Å². The summed E-state index contributed by atoms with van der Waals surface area (Å²) < 4.78 is 53.9. The number of halogens is 2. The van der Waals surface area contributed by atoms with Crippen molar-refractivity contribution in [1.82, 2.24) is 9.21 Å². The molecule has 1 fully saturated rings. The molecule has 1 N–H and O–H groups in total. The molecule has 0 unspecified atom stereocenters. The third-order valence-corrected chi connectivity index (χ3v) is 6.41. The first-order valence-corrected chi connectivity index (χ1v) is 9.72. The van der Waals surface area contributed by atoms with Crippen LogP contribution < -0.4 is 0 Å². The number of carboxylic acid groups (broad SMARTS) is 1. The van der Waals surface area contributed by atoms with Crippen LogP contribution in [0.2, 0.25) is 0 Å². The number of aromatic carboxylic acids is 1. The van der Waals surface area contributed by atoms with Gasteiger partial charge < -0.3 is 5.11 Å². The van der Waals surface area contributed by atoms with Crippen molar-refractivity contribution in [3.63, 3.8) is 0 Å². The zero-order valence-electron chi connectivity index (χ0n) is 14.3. The molecule has 0 atom stereocenters. The van der Waals surface area contributed by atoms with Crippen LogP contribution in [0.15, 0.2) is 47.4 Å². The number of piperazine rings is 1. The molecule has 0 aromatic heterocycles. The van der Waals surface area contributed by atoms with Crippen LogP contribution in [0, 0.1) is 11.6 Å². The van der Waals surface area contributed by atoms with E-state index in [1.165, 1.54) is 12.1 Å². The van der Waals surface area contributed by atoms with E-state index in [4.69, 9.17) is 5.11 Å². The van der Waals surface area contributed by atoms with E-state index >= 15 is 0 Å². The zero-order valence-corrected chi connectivity index (χ0v) is 15.1. The molecule has 27 heavy (non-hydrogen) atoms. The van der Waals surface area contributed by atoms with Crippen molar-refractivity contribution in [3.8, 4) is 0 Å². The van der Waals surface area contributed by atoms with Crippen LogP contribution in [0.5, 0.6) is 0 Å². The number of carboxylic acids is 1. The second-order valence-corrected chi connectivity index (χ2v) is 8.11. The average Bonchev–Trinajstić information content (AvgIpc) is 2.62. The minimum Gasteiger partial charge on any atom is -0.478 e. The number of sulfonamides is 1. The summed E-state index contributed by atoms with van der Waals surface area (Å²) in [5, 5.41) is 8.91. The summed E-state index contributed by atoms with van der Waals surface area (Å²) in [4.78, 5) is 12.0. The second-order valence-electron chi connectivity index (χ2n) is 6.23. The highest BCUT2D eigenvalue weighted by atomic mass is 32.2. The van der Waals surface area contributed by atoms with Gasteiger partial charge in [0, 0.05) is 32.7 Å². The topological polar surface area (TPSA) is 77.9 Å². The first-order valence-electron chi connectivity index (χ1n) is 8.28. The van der Waals surface area contributed by atoms with Crippen molar-refractivity contribution in [1.29, 1.82) is 0 Å². The number of hydrogen-bond donors (Lipinski definition) is 1. The zero-order chi connectivity index (χ0) is 19.6. The van der Waals surface area contributed by atoms with Crippen molar-refractivity contribution in [3.05, 3.63) is 65.2 Å². The maximum Gasteiger partial charge on any atom is 0.335 e. The summed E-state index contributed by atoms with van der Waals surface area (Å²) in [7, 11) is -4.24. The fourth-order valence-electron chi connectivity index (χ4n) is 3.00. The maximum absolute atomic E-state index is 13.9. The Kier molecular flexibility index (Phi) is 5.54. The van der Waals surface area contributed by atoms with Gasteiger partial charge in [0.05, 0.1) is 5.56 Å². The van der Waals surface area contributed by atoms with Gasteiger partial charge in [0.1, 0.15) is 11.6 Å². The van der Waals surface area contributed by atoms with E-state index in [1.54, 1.807) is 12.1 Å². The third kappa shape index (κ3) is 4.15. The SMILES string of the molecule is O=C(O)c1ccc(CN2CCN(S(=O)(=O)c3c(F)cccc3F)CC2)cc1. The number of rotatable bonds is 5. The second kappa shape index (κ2) is 7.71. The Morgan fingerprint density at radius 1 is 0.963 bits per heavy atom. The Morgan fingerprint density at radius 3 is 2.04 bits per heavy atom. The molecule has 1 heterocycles. The van der Waals surface area contributed by atoms with Gasteiger partial charge in [-0.05, 0) is 29.8 Å². The Morgan fingerprint density at radius 2 is 1.52 bits per heavy atom. The lowest BCUT2D eigenvalue weighted by Gasteiger charge is -2.34. The van der Waals surface area contributed by atoms with Crippen molar-refractivity contribution in [2.24, 2.45) is 0 Å². The lowest BCUT2D eigenvalue weighted by molar-refractivity contribution is 0.0697. The lowest BCUT2D eigenvalue weighted by atomic mass is 10.1. The molecular weight excluding hydrogens is 378 g/mol. The molecule has 1 saturated heterocycles. The van der Waals surface area contributed by atoms with E-state index in [0.29, 0.717) is 19.6 Å². The molecule has 0 saturated carbocycles. The van der Waals surface area contributed by atoms with Crippen LogP contribution in [-0.4, -0.2) is 54.9 Å². The van der Waals surface area contributed by atoms with E-state index in [1.807, 2.05) is 4.90 Å². The van der Waals surface area contributed by atoms with Gasteiger partial charge in [0.2, 0.25) is 10.0 Å². The molecule has 0 spiro atoms. The van der Waals surface area contributed by atoms with Crippen LogP contribution in [0.3, 0.4) is 0 Å². The minimum atomic E-state index is -4.24. The molecule has 3 rings (SSSR count). The molecule has 2 aromatic carbocycles. The number of nitrogens with zero attached hydrogens (tertiary/aromatic N) is 2. The van der Waals surface area contributed by atoms with Crippen molar-refractivity contribution >= 4 is 16.0 Å². The number of benzene rings is 2.